The lowest BCUT2D eigenvalue weighted by atomic mass is 10.0. The second-order valence-electron chi connectivity index (χ2n) is 4.61. The lowest BCUT2D eigenvalue weighted by Gasteiger charge is -2.36. The first-order valence-corrected chi connectivity index (χ1v) is 6.08. The molecular weight excluding hydrogens is 376 g/mol. The van der Waals surface area contributed by atoms with Crippen molar-refractivity contribution in [2.75, 3.05) is 26.2 Å². The van der Waals surface area contributed by atoms with Gasteiger partial charge in [0.05, 0.1) is 5.56 Å². The van der Waals surface area contributed by atoms with Crippen LogP contribution in [0.25, 0.3) is 0 Å². The third-order valence-electron chi connectivity index (χ3n) is 3.25. The molecule has 0 bridgehead atoms. The van der Waals surface area contributed by atoms with Gasteiger partial charge in [-0.2, -0.15) is 13.2 Å². The monoisotopic (exact) mass is 388 g/mol. The Labute approximate surface area is 139 Å². The summed E-state index contributed by atoms with van der Waals surface area (Å²) in [7, 11) is 0. The zero-order valence-corrected chi connectivity index (χ0v) is 13.0. The molecule has 0 unspecified atom stereocenters. The SMILES string of the molecule is Cl.Cl.Fc1cc(F)c(F)c([C@@H](N2CCNCC2)C(F)(F)F)c1F. The number of rotatable bonds is 2. The van der Waals surface area contributed by atoms with Gasteiger partial charge in [0, 0.05) is 32.2 Å². The highest BCUT2D eigenvalue weighted by Gasteiger charge is 2.48. The third-order valence-corrected chi connectivity index (χ3v) is 3.25. The number of benzene rings is 1. The zero-order valence-electron chi connectivity index (χ0n) is 11.4. The quantitative estimate of drug-likeness (QED) is 0.615. The summed E-state index contributed by atoms with van der Waals surface area (Å²) in [5, 5.41) is 2.78. The van der Waals surface area contributed by atoms with E-state index >= 15 is 0 Å². The molecule has 1 aliphatic rings. The number of nitrogens with zero attached hydrogens (tertiary/aromatic N) is 1. The molecule has 0 aliphatic carbocycles. The first kappa shape index (κ1) is 22.2. The molecule has 1 saturated heterocycles. The lowest BCUT2D eigenvalue weighted by molar-refractivity contribution is -0.189. The number of piperazine rings is 1. The average Bonchev–Trinajstić information content (AvgIpc) is 2.41. The van der Waals surface area contributed by atoms with Crippen molar-refractivity contribution < 1.29 is 30.7 Å². The maximum absolute atomic E-state index is 13.7. The molecule has 1 heterocycles. The van der Waals surface area contributed by atoms with Crippen molar-refractivity contribution in [1.29, 1.82) is 0 Å². The van der Waals surface area contributed by atoms with Crippen LogP contribution in [0.1, 0.15) is 11.6 Å². The highest BCUT2D eigenvalue weighted by Crippen LogP contribution is 2.41. The Balaban J connectivity index is 0.00000242. The van der Waals surface area contributed by atoms with E-state index in [1.54, 1.807) is 0 Å². The van der Waals surface area contributed by atoms with Crippen molar-refractivity contribution in [2.24, 2.45) is 0 Å². The van der Waals surface area contributed by atoms with Crippen LogP contribution in [0.3, 0.4) is 0 Å². The predicted molar refractivity (Wildman–Crippen MR) is 74.0 cm³/mol. The summed E-state index contributed by atoms with van der Waals surface area (Å²) in [5.41, 5.74) is -1.64. The molecule has 1 N–H and O–H groups in total. The Bertz CT molecular complexity index is 507. The van der Waals surface area contributed by atoms with Crippen LogP contribution in [0.4, 0.5) is 30.7 Å². The minimum atomic E-state index is -5.07. The van der Waals surface area contributed by atoms with Crippen LogP contribution >= 0.6 is 24.8 Å². The van der Waals surface area contributed by atoms with Gasteiger partial charge in [0.15, 0.2) is 23.3 Å². The Kier molecular flexibility index (Phi) is 8.08. The number of hydrogen-bond donors (Lipinski definition) is 1. The van der Waals surface area contributed by atoms with E-state index in [4.69, 9.17) is 0 Å². The van der Waals surface area contributed by atoms with E-state index in [9.17, 15) is 30.7 Å². The highest BCUT2D eigenvalue weighted by atomic mass is 35.5. The molecule has 2 nitrogen and oxygen atoms in total. The Hall–Kier alpha value is -0.770. The lowest BCUT2D eigenvalue weighted by Crippen LogP contribution is -2.49. The van der Waals surface area contributed by atoms with Gasteiger partial charge in [-0.05, 0) is 0 Å². The highest BCUT2D eigenvalue weighted by molar-refractivity contribution is 5.85. The molecule has 2 rings (SSSR count). The van der Waals surface area contributed by atoms with E-state index in [-0.39, 0.29) is 57.1 Å². The fourth-order valence-corrected chi connectivity index (χ4v) is 2.33. The summed E-state index contributed by atoms with van der Waals surface area (Å²) < 4.78 is 93.1. The molecule has 0 aromatic heterocycles. The summed E-state index contributed by atoms with van der Waals surface area (Å²) in [6, 6.07) is -2.84. The molecule has 1 aromatic carbocycles. The molecule has 11 heteroatoms. The molecule has 23 heavy (non-hydrogen) atoms. The van der Waals surface area contributed by atoms with Crippen molar-refractivity contribution in [3.05, 3.63) is 34.9 Å². The van der Waals surface area contributed by atoms with Crippen LogP contribution in [0.5, 0.6) is 0 Å². The second-order valence-corrected chi connectivity index (χ2v) is 4.61. The van der Waals surface area contributed by atoms with Gasteiger partial charge in [-0.3, -0.25) is 4.90 Å². The summed E-state index contributed by atoms with van der Waals surface area (Å²) in [5.74, 6) is -7.74. The Morgan fingerprint density at radius 3 is 1.74 bits per heavy atom. The van der Waals surface area contributed by atoms with Crippen molar-refractivity contribution >= 4 is 24.8 Å². The molecular formula is C12H13Cl2F7N2. The van der Waals surface area contributed by atoms with Crippen LogP contribution in [0.15, 0.2) is 6.07 Å². The normalized spacial score (nSPS) is 17.2. The van der Waals surface area contributed by atoms with Gasteiger partial charge >= 0.3 is 6.18 Å². The maximum Gasteiger partial charge on any atom is 0.408 e. The third kappa shape index (κ3) is 4.62. The minimum absolute atomic E-state index is 0. The van der Waals surface area contributed by atoms with Gasteiger partial charge in [-0.1, -0.05) is 0 Å². The van der Waals surface area contributed by atoms with Crippen molar-refractivity contribution in [3.63, 3.8) is 0 Å². The van der Waals surface area contributed by atoms with Gasteiger partial charge in [0.2, 0.25) is 0 Å². The van der Waals surface area contributed by atoms with E-state index in [1.165, 1.54) is 0 Å². The van der Waals surface area contributed by atoms with Crippen molar-refractivity contribution in [2.45, 2.75) is 12.2 Å². The van der Waals surface area contributed by atoms with Crippen LogP contribution in [-0.2, 0) is 0 Å². The Morgan fingerprint density at radius 1 is 0.913 bits per heavy atom. The van der Waals surface area contributed by atoms with Gasteiger partial charge < -0.3 is 5.32 Å². The number of alkyl halides is 3. The summed E-state index contributed by atoms with van der Waals surface area (Å²) in [6.45, 7) is 0.0452. The van der Waals surface area contributed by atoms with Crippen LogP contribution in [-0.4, -0.2) is 37.3 Å². The maximum atomic E-state index is 13.7. The van der Waals surface area contributed by atoms with Crippen LogP contribution in [0, 0.1) is 23.3 Å². The van der Waals surface area contributed by atoms with E-state index < -0.39 is 41.1 Å². The molecule has 0 amide bonds. The van der Waals surface area contributed by atoms with E-state index in [0.29, 0.717) is 0 Å². The van der Waals surface area contributed by atoms with E-state index in [2.05, 4.69) is 5.32 Å². The second kappa shape index (κ2) is 8.36. The molecule has 1 fully saturated rings. The Morgan fingerprint density at radius 2 is 1.35 bits per heavy atom. The average molecular weight is 389 g/mol. The molecule has 0 saturated carbocycles. The molecule has 1 aliphatic heterocycles. The number of halogens is 9. The number of nitrogens with one attached hydrogen (secondary N) is 1. The molecule has 0 spiro atoms. The summed E-state index contributed by atoms with van der Waals surface area (Å²) in [6.07, 6.45) is -5.07. The van der Waals surface area contributed by atoms with E-state index in [1.807, 2.05) is 0 Å². The van der Waals surface area contributed by atoms with E-state index in [0.717, 1.165) is 4.90 Å². The first-order valence-electron chi connectivity index (χ1n) is 6.08. The summed E-state index contributed by atoms with van der Waals surface area (Å²) >= 11 is 0. The molecule has 134 valence electrons. The predicted octanol–water partition coefficient (Wildman–Crippen LogP) is 3.60. The van der Waals surface area contributed by atoms with Gasteiger partial charge in [0.1, 0.15) is 6.04 Å². The molecule has 1 atom stereocenters. The van der Waals surface area contributed by atoms with Gasteiger partial charge in [-0.25, -0.2) is 17.6 Å². The van der Waals surface area contributed by atoms with Crippen molar-refractivity contribution in [3.8, 4) is 0 Å². The van der Waals surface area contributed by atoms with Crippen LogP contribution < -0.4 is 5.32 Å². The van der Waals surface area contributed by atoms with Gasteiger partial charge in [-0.15, -0.1) is 24.8 Å². The topological polar surface area (TPSA) is 15.3 Å². The van der Waals surface area contributed by atoms with Gasteiger partial charge in [0.25, 0.3) is 0 Å². The van der Waals surface area contributed by atoms with Crippen LogP contribution in [0.2, 0.25) is 0 Å². The fourth-order valence-electron chi connectivity index (χ4n) is 2.33. The number of hydrogen-bond acceptors (Lipinski definition) is 2. The minimum Gasteiger partial charge on any atom is -0.314 e. The fraction of sp³-hybridized carbons (Fsp3) is 0.500. The van der Waals surface area contributed by atoms with Crippen molar-refractivity contribution in [1.82, 2.24) is 10.2 Å². The molecule has 1 aromatic rings. The first-order chi connectivity index (χ1) is 9.73. The summed E-state index contributed by atoms with van der Waals surface area (Å²) in [4.78, 5) is 0.747. The largest absolute Gasteiger partial charge is 0.408 e. The smallest absolute Gasteiger partial charge is 0.314 e. The zero-order chi connectivity index (χ0) is 15.8. The standard InChI is InChI=1S/C12H11F7N2.2ClH/c13-6-5-7(14)10(16)8(9(6)15)11(12(17,18)19)21-3-1-20-2-4-21;;/h5,11,20H,1-4H2;2*1H/t11-;;/m1../s1. The molecule has 0 radical (unpaired) electrons.